The van der Waals surface area contributed by atoms with Crippen LogP contribution >= 0.6 is 0 Å². The Kier molecular flexibility index (Phi) is 2.45. The summed E-state index contributed by atoms with van der Waals surface area (Å²) in [6, 6.07) is 8.09. The molecule has 4 rings (SSSR count). The number of aromatic amines is 1. The molecule has 1 amide bonds. The van der Waals surface area contributed by atoms with Crippen LogP contribution in [-0.2, 0) is 13.0 Å². The van der Waals surface area contributed by atoms with Gasteiger partial charge in [-0.3, -0.25) is 9.47 Å². The second kappa shape index (κ2) is 4.22. The Bertz CT molecular complexity index is 858. The summed E-state index contributed by atoms with van der Waals surface area (Å²) in [4.78, 5) is 21.9. The second-order valence-electron chi connectivity index (χ2n) is 5.35. The van der Waals surface area contributed by atoms with Crippen LogP contribution in [0.25, 0.3) is 10.9 Å². The Morgan fingerprint density at radius 2 is 2.14 bits per heavy atom. The molecule has 0 fully saturated rings. The van der Waals surface area contributed by atoms with Crippen LogP contribution in [0, 0.1) is 6.92 Å². The summed E-state index contributed by atoms with van der Waals surface area (Å²) >= 11 is 0. The number of hydrogen-bond acceptors (Lipinski definition) is 2. The van der Waals surface area contributed by atoms with Gasteiger partial charge in [0.25, 0.3) is 0 Å². The molecule has 1 aliphatic heterocycles. The number of fused-ring (bicyclic) bond motifs is 3. The lowest BCUT2D eigenvalue weighted by molar-refractivity contribution is 0.251. The van der Waals surface area contributed by atoms with Crippen LogP contribution in [0.5, 0.6) is 0 Å². The number of imidazole rings is 1. The van der Waals surface area contributed by atoms with Gasteiger partial charge in [-0.1, -0.05) is 25.1 Å². The number of carbonyl (C=O) groups is 1. The van der Waals surface area contributed by atoms with E-state index in [0.29, 0.717) is 6.54 Å². The molecule has 0 unspecified atom stereocenters. The van der Waals surface area contributed by atoms with Crippen molar-refractivity contribution in [3.05, 3.63) is 47.5 Å². The van der Waals surface area contributed by atoms with Gasteiger partial charge in [-0.15, -0.1) is 0 Å². The van der Waals surface area contributed by atoms with Crippen molar-refractivity contribution in [2.45, 2.75) is 26.8 Å². The van der Waals surface area contributed by atoms with E-state index in [1.54, 1.807) is 11.2 Å². The predicted octanol–water partition coefficient (Wildman–Crippen LogP) is 3.22. The average molecular weight is 280 g/mol. The summed E-state index contributed by atoms with van der Waals surface area (Å²) in [7, 11) is 0. The molecule has 5 heteroatoms. The number of nitrogens with zero attached hydrogens (tertiary/aromatic N) is 3. The van der Waals surface area contributed by atoms with Gasteiger partial charge < -0.3 is 4.98 Å². The minimum absolute atomic E-state index is 0.0175. The normalized spacial score (nSPS) is 14.2. The van der Waals surface area contributed by atoms with Crippen LogP contribution in [0.15, 0.2) is 30.6 Å². The van der Waals surface area contributed by atoms with Crippen molar-refractivity contribution >= 4 is 22.8 Å². The molecule has 0 spiro atoms. The van der Waals surface area contributed by atoms with E-state index in [4.69, 9.17) is 0 Å². The monoisotopic (exact) mass is 280 g/mol. The summed E-state index contributed by atoms with van der Waals surface area (Å²) in [6.07, 6.45) is 2.55. The highest BCUT2D eigenvalue weighted by atomic mass is 16.2. The Labute approximate surface area is 122 Å². The van der Waals surface area contributed by atoms with E-state index in [1.165, 1.54) is 10.9 Å². The number of para-hydroxylation sites is 1. The molecule has 0 saturated carbocycles. The van der Waals surface area contributed by atoms with Gasteiger partial charge in [0.2, 0.25) is 0 Å². The number of hydrogen-bond donors (Lipinski definition) is 1. The zero-order valence-electron chi connectivity index (χ0n) is 12.1. The van der Waals surface area contributed by atoms with Gasteiger partial charge in [-0.2, -0.15) is 0 Å². The molecule has 1 aromatic carbocycles. The molecule has 2 aromatic heterocycles. The third-order valence-corrected chi connectivity index (χ3v) is 4.23. The first-order chi connectivity index (χ1) is 10.2. The standard InChI is InChI=1S/C16H16N4O/c1-3-11-12-6-4-5-7-13(12)20-14(11)8-19(16(20)21)15-10(2)17-9-18-15/h4-7,9H,3,8H2,1-2H3,(H,17,18). The van der Waals surface area contributed by atoms with Gasteiger partial charge in [0.15, 0.2) is 5.82 Å². The first-order valence-corrected chi connectivity index (χ1v) is 7.15. The first-order valence-electron chi connectivity index (χ1n) is 7.15. The average Bonchev–Trinajstić information content (AvgIpc) is 3.13. The van der Waals surface area contributed by atoms with Crippen LogP contribution in [-0.4, -0.2) is 20.6 Å². The quantitative estimate of drug-likeness (QED) is 0.783. The molecule has 3 heterocycles. The van der Waals surface area contributed by atoms with Crippen molar-refractivity contribution < 1.29 is 4.79 Å². The number of aromatic nitrogens is 3. The van der Waals surface area contributed by atoms with Crippen LogP contribution in [0.2, 0.25) is 0 Å². The lowest BCUT2D eigenvalue weighted by atomic mass is 10.1. The van der Waals surface area contributed by atoms with Crippen molar-refractivity contribution in [1.29, 1.82) is 0 Å². The third-order valence-electron chi connectivity index (χ3n) is 4.23. The van der Waals surface area contributed by atoms with Crippen molar-refractivity contribution in [1.82, 2.24) is 14.5 Å². The van der Waals surface area contributed by atoms with Crippen LogP contribution in [0.3, 0.4) is 0 Å². The number of rotatable bonds is 2. The molecular formula is C16H16N4O. The minimum atomic E-state index is -0.0175. The number of H-pyrrole nitrogens is 1. The number of amides is 1. The van der Waals surface area contributed by atoms with E-state index in [-0.39, 0.29) is 6.03 Å². The Morgan fingerprint density at radius 1 is 1.33 bits per heavy atom. The smallest absolute Gasteiger partial charge is 0.335 e. The fraction of sp³-hybridized carbons (Fsp3) is 0.250. The van der Waals surface area contributed by atoms with Crippen molar-refractivity contribution in [2.24, 2.45) is 0 Å². The van der Waals surface area contributed by atoms with Gasteiger partial charge in [0.1, 0.15) is 0 Å². The van der Waals surface area contributed by atoms with Gasteiger partial charge in [0.05, 0.1) is 29.8 Å². The molecule has 106 valence electrons. The lowest BCUT2D eigenvalue weighted by Gasteiger charge is -2.13. The molecular weight excluding hydrogens is 264 g/mol. The predicted molar refractivity (Wildman–Crippen MR) is 81.6 cm³/mol. The maximum atomic E-state index is 12.8. The van der Waals surface area contributed by atoms with E-state index >= 15 is 0 Å². The van der Waals surface area contributed by atoms with Crippen LogP contribution in [0.1, 0.15) is 23.9 Å². The highest BCUT2D eigenvalue weighted by molar-refractivity contribution is 6.04. The third kappa shape index (κ3) is 1.51. The zero-order valence-corrected chi connectivity index (χ0v) is 12.1. The Hall–Kier alpha value is -2.56. The molecule has 0 bridgehead atoms. The Balaban J connectivity index is 1.93. The van der Waals surface area contributed by atoms with E-state index in [2.05, 4.69) is 23.0 Å². The fourth-order valence-corrected chi connectivity index (χ4v) is 3.27. The zero-order chi connectivity index (χ0) is 14.6. The summed E-state index contributed by atoms with van der Waals surface area (Å²) in [5.41, 5.74) is 4.25. The molecule has 0 atom stereocenters. The molecule has 1 N–H and O–H groups in total. The van der Waals surface area contributed by atoms with Crippen molar-refractivity contribution in [3.63, 3.8) is 0 Å². The largest absolute Gasteiger partial charge is 0.347 e. The molecule has 5 nitrogen and oxygen atoms in total. The molecule has 0 aliphatic carbocycles. The van der Waals surface area contributed by atoms with E-state index in [0.717, 1.165) is 29.1 Å². The van der Waals surface area contributed by atoms with E-state index in [9.17, 15) is 4.79 Å². The molecule has 0 radical (unpaired) electrons. The maximum absolute atomic E-state index is 12.8. The molecule has 3 aromatic rings. The summed E-state index contributed by atoms with van der Waals surface area (Å²) in [5.74, 6) is 0.717. The number of benzene rings is 1. The minimum Gasteiger partial charge on any atom is -0.347 e. The number of nitrogens with one attached hydrogen (secondary N) is 1. The van der Waals surface area contributed by atoms with E-state index in [1.807, 2.05) is 29.7 Å². The SMILES string of the molecule is CCc1c2n(c3ccccc13)C(=O)N(c1nc[nH]c1C)C2. The summed E-state index contributed by atoms with van der Waals surface area (Å²) in [5, 5.41) is 1.18. The van der Waals surface area contributed by atoms with Crippen molar-refractivity contribution in [2.75, 3.05) is 4.90 Å². The van der Waals surface area contributed by atoms with Crippen molar-refractivity contribution in [3.8, 4) is 0 Å². The summed E-state index contributed by atoms with van der Waals surface area (Å²) < 4.78 is 1.84. The number of carbonyl (C=O) groups excluding carboxylic acids is 1. The van der Waals surface area contributed by atoms with Crippen LogP contribution < -0.4 is 4.90 Å². The number of anilines is 1. The Morgan fingerprint density at radius 3 is 2.86 bits per heavy atom. The van der Waals surface area contributed by atoms with Gasteiger partial charge >= 0.3 is 6.03 Å². The second-order valence-corrected chi connectivity index (χ2v) is 5.35. The van der Waals surface area contributed by atoms with Crippen LogP contribution in [0.4, 0.5) is 10.6 Å². The maximum Gasteiger partial charge on any atom is 0.335 e. The first kappa shape index (κ1) is 12.2. The van der Waals surface area contributed by atoms with Gasteiger partial charge in [-0.25, -0.2) is 9.78 Å². The highest BCUT2D eigenvalue weighted by Gasteiger charge is 2.34. The number of aryl methyl sites for hydroxylation is 2. The summed E-state index contributed by atoms with van der Waals surface area (Å²) in [6.45, 7) is 4.65. The lowest BCUT2D eigenvalue weighted by Crippen LogP contribution is -2.26. The topological polar surface area (TPSA) is 53.9 Å². The highest BCUT2D eigenvalue weighted by Crippen LogP contribution is 2.34. The van der Waals surface area contributed by atoms with E-state index < -0.39 is 0 Å². The fourth-order valence-electron chi connectivity index (χ4n) is 3.27. The van der Waals surface area contributed by atoms with Gasteiger partial charge in [0, 0.05) is 5.39 Å². The molecule has 0 saturated heterocycles. The molecule has 21 heavy (non-hydrogen) atoms. The molecule has 1 aliphatic rings. The van der Waals surface area contributed by atoms with Gasteiger partial charge in [-0.05, 0) is 25.0 Å².